The SMILES string of the molecule is COc1ccc(NC(=O)COc2ccc([C@@H]3c4sc(=O)[nH]c4S[C@@H]4[C@@H]5C[C@@H]([C@@H]6C(=O)N(c7ccc(Cl)cc7)C(=O)[C@@H]56)[C@H]34)cc2)cc1. The molecule has 3 amide bonds. The molecule has 4 aromatic rings. The Morgan fingerprint density at radius 1 is 0.935 bits per heavy atom. The van der Waals surface area contributed by atoms with Crippen LogP contribution in [-0.4, -0.2) is 41.7 Å². The summed E-state index contributed by atoms with van der Waals surface area (Å²) in [6, 6.07) is 21.5. The van der Waals surface area contributed by atoms with Crippen LogP contribution in [-0.2, 0) is 14.4 Å². The number of imide groups is 1. The maximum Gasteiger partial charge on any atom is 0.305 e. The number of methoxy groups -OCH3 is 1. The number of carbonyl (C=O) groups excluding carboxylic acids is 3. The molecule has 3 aromatic carbocycles. The number of aromatic amines is 1. The first-order valence-electron chi connectivity index (χ1n) is 15.0. The van der Waals surface area contributed by atoms with E-state index in [0.29, 0.717) is 27.9 Å². The summed E-state index contributed by atoms with van der Waals surface area (Å²) in [7, 11) is 1.58. The quantitative estimate of drug-likeness (QED) is 0.238. The number of fused-ring (bicyclic) bond motifs is 9. The second kappa shape index (κ2) is 11.3. The number of aromatic nitrogens is 1. The van der Waals surface area contributed by atoms with Crippen LogP contribution in [0, 0.1) is 29.6 Å². The Morgan fingerprint density at radius 2 is 1.61 bits per heavy atom. The number of nitrogens with zero attached hydrogens (tertiary/aromatic N) is 1. The highest BCUT2D eigenvalue weighted by atomic mass is 35.5. The van der Waals surface area contributed by atoms with Crippen molar-refractivity contribution in [3.63, 3.8) is 0 Å². The molecule has 2 aliphatic carbocycles. The van der Waals surface area contributed by atoms with E-state index in [9.17, 15) is 19.2 Å². The van der Waals surface area contributed by atoms with Crippen molar-refractivity contribution in [3.05, 3.63) is 97.9 Å². The topological polar surface area (TPSA) is 118 Å². The maximum atomic E-state index is 13.9. The third-order valence-corrected chi connectivity index (χ3v) is 12.6. The summed E-state index contributed by atoms with van der Waals surface area (Å²) in [6.07, 6.45) is 0.809. The molecule has 1 aromatic heterocycles. The van der Waals surface area contributed by atoms with Gasteiger partial charge in [-0.2, -0.15) is 0 Å². The minimum Gasteiger partial charge on any atom is -0.497 e. The number of nitrogens with one attached hydrogen (secondary N) is 2. The number of thiazole rings is 1. The molecule has 0 unspecified atom stereocenters. The Labute approximate surface area is 277 Å². The lowest BCUT2D eigenvalue weighted by atomic mass is 9.68. The van der Waals surface area contributed by atoms with Gasteiger partial charge in [-0.3, -0.25) is 24.1 Å². The van der Waals surface area contributed by atoms with Crippen molar-refractivity contribution in [1.82, 2.24) is 4.98 Å². The molecule has 2 saturated carbocycles. The van der Waals surface area contributed by atoms with E-state index in [0.717, 1.165) is 21.9 Å². The molecule has 0 radical (unpaired) electrons. The number of ether oxygens (including phenoxy) is 2. The molecule has 12 heteroatoms. The Kier molecular flexibility index (Phi) is 7.23. The second-order valence-electron chi connectivity index (χ2n) is 12.1. The summed E-state index contributed by atoms with van der Waals surface area (Å²) in [6.45, 7) is -0.160. The summed E-state index contributed by atoms with van der Waals surface area (Å²) in [4.78, 5) is 58.0. The molecule has 8 rings (SSSR count). The normalized spacial score (nSPS) is 27.3. The smallest absolute Gasteiger partial charge is 0.305 e. The first kappa shape index (κ1) is 29.3. The van der Waals surface area contributed by atoms with Gasteiger partial charge in [0.15, 0.2) is 6.61 Å². The van der Waals surface area contributed by atoms with Gasteiger partial charge in [0.05, 0.1) is 29.7 Å². The highest BCUT2D eigenvalue weighted by Gasteiger charge is 2.69. The molecule has 3 heterocycles. The van der Waals surface area contributed by atoms with Crippen molar-refractivity contribution in [2.45, 2.75) is 22.6 Å². The average Bonchev–Trinajstić information content (AvgIpc) is 3.80. The van der Waals surface area contributed by atoms with E-state index in [1.165, 1.54) is 16.2 Å². The van der Waals surface area contributed by atoms with E-state index in [4.69, 9.17) is 21.1 Å². The zero-order chi connectivity index (χ0) is 31.7. The second-order valence-corrected chi connectivity index (χ2v) is 14.7. The number of carbonyl (C=O) groups is 3. The fourth-order valence-corrected chi connectivity index (χ4v) is 11.0. The molecule has 2 aliphatic heterocycles. The van der Waals surface area contributed by atoms with Crippen molar-refractivity contribution in [1.29, 1.82) is 0 Å². The number of H-pyrrole nitrogens is 1. The Morgan fingerprint density at radius 3 is 2.30 bits per heavy atom. The predicted molar refractivity (Wildman–Crippen MR) is 176 cm³/mol. The van der Waals surface area contributed by atoms with Crippen LogP contribution in [0.3, 0.4) is 0 Å². The van der Waals surface area contributed by atoms with Gasteiger partial charge in [0.2, 0.25) is 11.8 Å². The van der Waals surface area contributed by atoms with Gasteiger partial charge in [-0.15, -0.1) is 11.8 Å². The lowest BCUT2D eigenvalue weighted by molar-refractivity contribution is -0.123. The summed E-state index contributed by atoms with van der Waals surface area (Å²) in [5, 5.41) is 4.30. The summed E-state index contributed by atoms with van der Waals surface area (Å²) in [5.74, 6) is -0.0666. The van der Waals surface area contributed by atoms with E-state index in [2.05, 4.69) is 10.3 Å². The van der Waals surface area contributed by atoms with Crippen LogP contribution < -0.4 is 24.6 Å². The van der Waals surface area contributed by atoms with Gasteiger partial charge in [-0.1, -0.05) is 35.1 Å². The van der Waals surface area contributed by atoms with E-state index in [1.807, 2.05) is 24.3 Å². The number of hydrogen-bond donors (Lipinski definition) is 2. The molecule has 2 N–H and O–H groups in total. The lowest BCUT2D eigenvalue weighted by Crippen LogP contribution is -2.42. The van der Waals surface area contributed by atoms with Crippen molar-refractivity contribution in [2.24, 2.45) is 29.6 Å². The van der Waals surface area contributed by atoms with Gasteiger partial charge in [0, 0.05) is 26.8 Å². The molecule has 46 heavy (non-hydrogen) atoms. The van der Waals surface area contributed by atoms with E-state index in [-0.39, 0.29) is 70.0 Å². The molecule has 1 saturated heterocycles. The molecule has 4 aliphatic rings. The molecule has 3 fully saturated rings. The van der Waals surface area contributed by atoms with Crippen molar-refractivity contribution in [2.75, 3.05) is 23.9 Å². The largest absolute Gasteiger partial charge is 0.497 e. The number of benzene rings is 3. The monoisotopic (exact) mass is 673 g/mol. The van der Waals surface area contributed by atoms with E-state index >= 15 is 0 Å². The molecule has 9 nitrogen and oxygen atoms in total. The first-order valence-corrected chi connectivity index (χ1v) is 17.1. The van der Waals surface area contributed by atoms with E-state index < -0.39 is 0 Å². The fraction of sp³-hybridized carbons (Fsp3) is 0.294. The average molecular weight is 674 g/mol. The highest BCUT2D eigenvalue weighted by Crippen LogP contribution is 2.68. The number of amides is 3. The standard InChI is InChI=1S/C34H28ClN3O6S2/c1-43-20-12-6-18(7-13-20)36-24(39)15-44-21-10-2-16(3-11-21)25-26-22-14-23(29(26)45-31-30(25)46-34(42)37-31)28-27(22)32(40)38(33(28)41)19-8-4-17(35)5-9-19/h2-13,22-23,25-29H,14-15H2,1H3,(H,36,39)(H,37,42)/t22-,23-,25+,26-,27+,28+,29-/m1/s1. The molecule has 2 bridgehead atoms. The number of halogens is 1. The molecular formula is C34H28ClN3O6S2. The Hall–Kier alpha value is -4.06. The van der Waals surface area contributed by atoms with E-state index in [1.54, 1.807) is 67.4 Å². The zero-order valence-corrected chi connectivity index (χ0v) is 26.9. The molecule has 0 spiro atoms. The number of hydrogen-bond acceptors (Lipinski definition) is 8. The maximum absolute atomic E-state index is 13.9. The Balaban J connectivity index is 1.04. The molecule has 7 atom stereocenters. The van der Waals surface area contributed by atoms with Crippen molar-refractivity contribution >= 4 is 63.8 Å². The van der Waals surface area contributed by atoms with Crippen molar-refractivity contribution < 1.29 is 23.9 Å². The van der Waals surface area contributed by atoms with Crippen LogP contribution in [0.4, 0.5) is 11.4 Å². The van der Waals surface area contributed by atoms with Crippen molar-refractivity contribution in [3.8, 4) is 11.5 Å². The Bertz CT molecular complexity index is 1910. The van der Waals surface area contributed by atoms with Gasteiger partial charge >= 0.3 is 4.87 Å². The van der Waals surface area contributed by atoms with Crippen LogP contribution in [0.5, 0.6) is 11.5 Å². The third kappa shape index (κ3) is 4.75. The van der Waals surface area contributed by atoms with Crippen LogP contribution in [0.25, 0.3) is 0 Å². The zero-order valence-electron chi connectivity index (χ0n) is 24.5. The first-order chi connectivity index (χ1) is 22.3. The fourth-order valence-electron chi connectivity index (χ4n) is 8.03. The van der Waals surface area contributed by atoms with Gasteiger partial charge in [0.25, 0.3) is 5.91 Å². The summed E-state index contributed by atoms with van der Waals surface area (Å²) < 4.78 is 10.9. The molecule has 234 valence electrons. The lowest BCUT2D eigenvalue weighted by Gasteiger charge is -2.43. The minimum absolute atomic E-state index is 0.00850. The number of rotatable bonds is 7. The summed E-state index contributed by atoms with van der Waals surface area (Å²) >= 11 is 8.95. The van der Waals surface area contributed by atoms with Crippen LogP contribution in [0.2, 0.25) is 5.02 Å². The van der Waals surface area contributed by atoms with Gasteiger partial charge in [-0.25, -0.2) is 0 Å². The minimum atomic E-state index is -0.387. The van der Waals surface area contributed by atoms with Crippen LogP contribution in [0.15, 0.2) is 82.6 Å². The van der Waals surface area contributed by atoms with Gasteiger partial charge in [0.1, 0.15) is 11.5 Å². The number of thioether (sulfide) groups is 1. The van der Waals surface area contributed by atoms with Crippen LogP contribution >= 0.6 is 34.7 Å². The molecular weight excluding hydrogens is 646 g/mol. The highest BCUT2D eigenvalue weighted by molar-refractivity contribution is 8.00. The van der Waals surface area contributed by atoms with Gasteiger partial charge in [-0.05, 0) is 90.4 Å². The van der Waals surface area contributed by atoms with Gasteiger partial charge < -0.3 is 19.8 Å². The predicted octanol–water partition coefficient (Wildman–Crippen LogP) is 5.79. The third-order valence-electron chi connectivity index (χ3n) is 9.79. The van der Waals surface area contributed by atoms with Crippen LogP contribution in [0.1, 0.15) is 22.8 Å². The number of anilines is 2. The summed E-state index contributed by atoms with van der Waals surface area (Å²) in [5.41, 5.74) is 2.21.